The van der Waals surface area contributed by atoms with E-state index in [1.165, 1.54) is 0 Å². The molecule has 5 heteroatoms. The molecular weight excluding hydrogens is 213 g/mol. The summed E-state index contributed by atoms with van der Waals surface area (Å²) in [6.45, 7) is 0.431. The average Bonchev–Trinajstić information content (AvgIpc) is 2.26. The van der Waals surface area contributed by atoms with Crippen LogP contribution in [0.2, 0.25) is 0 Å². The van der Waals surface area contributed by atoms with Crippen LogP contribution in [0.3, 0.4) is 0 Å². The zero-order chi connectivity index (χ0) is 11.1. The van der Waals surface area contributed by atoms with Crippen molar-refractivity contribution in [3.05, 3.63) is 30.3 Å². The highest BCUT2D eigenvalue weighted by molar-refractivity contribution is 7.66. The third-order valence-corrected chi connectivity index (χ3v) is 4.05. The SMILES string of the molecule is O=CNCCCP(=O)(O)c1ccccc1. The summed E-state index contributed by atoms with van der Waals surface area (Å²) >= 11 is 0. The summed E-state index contributed by atoms with van der Waals surface area (Å²) in [5, 5.41) is 2.93. The fourth-order valence-corrected chi connectivity index (χ4v) is 2.73. The van der Waals surface area contributed by atoms with Crippen LogP contribution in [0, 0.1) is 0 Å². The van der Waals surface area contributed by atoms with Gasteiger partial charge in [-0.2, -0.15) is 0 Å². The summed E-state index contributed by atoms with van der Waals surface area (Å²) in [4.78, 5) is 19.7. The van der Waals surface area contributed by atoms with E-state index in [4.69, 9.17) is 0 Å². The van der Waals surface area contributed by atoms with Gasteiger partial charge in [0.2, 0.25) is 13.8 Å². The van der Waals surface area contributed by atoms with Gasteiger partial charge in [-0.1, -0.05) is 18.2 Å². The molecule has 4 nitrogen and oxygen atoms in total. The van der Waals surface area contributed by atoms with Crippen LogP contribution >= 0.6 is 7.37 Å². The maximum absolute atomic E-state index is 11.8. The second kappa shape index (κ2) is 5.69. The molecule has 0 aliphatic rings. The fourth-order valence-electron chi connectivity index (χ4n) is 1.24. The highest BCUT2D eigenvalue weighted by Crippen LogP contribution is 2.39. The first-order valence-corrected chi connectivity index (χ1v) is 6.56. The van der Waals surface area contributed by atoms with Gasteiger partial charge in [-0.25, -0.2) is 0 Å². The van der Waals surface area contributed by atoms with E-state index < -0.39 is 7.37 Å². The Morgan fingerprint density at radius 2 is 2.00 bits per heavy atom. The first-order chi connectivity index (χ1) is 7.17. The van der Waals surface area contributed by atoms with Gasteiger partial charge in [-0.15, -0.1) is 0 Å². The monoisotopic (exact) mass is 227 g/mol. The topological polar surface area (TPSA) is 66.4 Å². The molecule has 0 radical (unpaired) electrons. The predicted molar refractivity (Wildman–Crippen MR) is 59.5 cm³/mol. The molecule has 0 aliphatic heterocycles. The first-order valence-electron chi connectivity index (χ1n) is 4.71. The molecule has 0 heterocycles. The number of hydrogen-bond acceptors (Lipinski definition) is 2. The Kier molecular flexibility index (Phi) is 4.53. The molecule has 0 aromatic heterocycles. The van der Waals surface area contributed by atoms with Crippen molar-refractivity contribution < 1.29 is 14.3 Å². The molecule has 0 aliphatic carbocycles. The van der Waals surface area contributed by atoms with Crippen LogP contribution in [0.5, 0.6) is 0 Å². The Morgan fingerprint density at radius 1 is 1.33 bits per heavy atom. The molecule has 1 aromatic rings. The Balaban J connectivity index is 2.52. The van der Waals surface area contributed by atoms with Gasteiger partial charge in [0, 0.05) is 18.0 Å². The lowest BCUT2D eigenvalue weighted by atomic mass is 10.4. The van der Waals surface area contributed by atoms with Crippen LogP contribution in [-0.2, 0) is 9.36 Å². The van der Waals surface area contributed by atoms with Gasteiger partial charge in [0.15, 0.2) is 0 Å². The molecule has 1 aromatic carbocycles. The maximum atomic E-state index is 11.8. The van der Waals surface area contributed by atoms with E-state index in [1.807, 2.05) is 0 Å². The van der Waals surface area contributed by atoms with Crippen molar-refractivity contribution in [3.63, 3.8) is 0 Å². The standard InChI is InChI=1S/C10H14NO3P/c12-9-11-7-4-8-15(13,14)10-5-2-1-3-6-10/h1-3,5-6,9H,4,7-8H2,(H,11,12)(H,13,14). The molecule has 0 saturated heterocycles. The smallest absolute Gasteiger partial charge is 0.229 e. The van der Waals surface area contributed by atoms with Crippen LogP contribution < -0.4 is 10.6 Å². The van der Waals surface area contributed by atoms with Gasteiger partial charge < -0.3 is 10.2 Å². The lowest BCUT2D eigenvalue weighted by Gasteiger charge is -2.10. The van der Waals surface area contributed by atoms with E-state index in [0.717, 1.165) is 0 Å². The van der Waals surface area contributed by atoms with Crippen LogP contribution in [0.4, 0.5) is 0 Å². The lowest BCUT2D eigenvalue weighted by molar-refractivity contribution is -0.109. The molecule has 15 heavy (non-hydrogen) atoms. The number of carbonyl (C=O) groups excluding carboxylic acids is 1. The molecule has 1 atom stereocenters. The largest absolute Gasteiger partial charge is 0.359 e. The zero-order valence-electron chi connectivity index (χ0n) is 8.30. The van der Waals surface area contributed by atoms with E-state index in [0.29, 0.717) is 24.7 Å². The predicted octanol–water partition coefficient (Wildman–Crippen LogP) is 0.718. The van der Waals surface area contributed by atoms with E-state index in [2.05, 4.69) is 5.32 Å². The lowest BCUT2D eigenvalue weighted by Crippen LogP contribution is -2.15. The fraction of sp³-hybridized carbons (Fsp3) is 0.300. The number of rotatable bonds is 6. The van der Waals surface area contributed by atoms with Crippen LogP contribution in [0.15, 0.2) is 30.3 Å². The minimum absolute atomic E-state index is 0.192. The molecule has 0 fully saturated rings. The van der Waals surface area contributed by atoms with Crippen molar-refractivity contribution in [2.24, 2.45) is 0 Å². The van der Waals surface area contributed by atoms with E-state index in [-0.39, 0.29) is 6.16 Å². The Morgan fingerprint density at radius 3 is 2.60 bits per heavy atom. The highest BCUT2D eigenvalue weighted by atomic mass is 31.2. The second-order valence-corrected chi connectivity index (χ2v) is 5.55. The normalized spacial score (nSPS) is 14.2. The maximum Gasteiger partial charge on any atom is 0.229 e. The van der Waals surface area contributed by atoms with Gasteiger partial charge in [-0.3, -0.25) is 9.36 Å². The third-order valence-electron chi connectivity index (χ3n) is 2.03. The number of hydrogen-bond donors (Lipinski definition) is 2. The molecule has 0 saturated carbocycles. The Labute approximate surface area is 88.8 Å². The second-order valence-electron chi connectivity index (χ2n) is 3.19. The molecule has 82 valence electrons. The Hall–Kier alpha value is -1.12. The van der Waals surface area contributed by atoms with E-state index in [1.54, 1.807) is 30.3 Å². The van der Waals surface area contributed by atoms with Crippen LogP contribution in [0.25, 0.3) is 0 Å². The summed E-state index contributed by atoms with van der Waals surface area (Å²) < 4.78 is 11.8. The first kappa shape index (κ1) is 12.0. The van der Waals surface area contributed by atoms with Gasteiger partial charge in [0.1, 0.15) is 0 Å². The van der Waals surface area contributed by atoms with Crippen molar-refractivity contribution in [3.8, 4) is 0 Å². The van der Waals surface area contributed by atoms with Crippen molar-refractivity contribution in [2.45, 2.75) is 6.42 Å². The average molecular weight is 227 g/mol. The Bertz CT molecular complexity index is 353. The highest BCUT2D eigenvalue weighted by Gasteiger charge is 2.19. The van der Waals surface area contributed by atoms with E-state index in [9.17, 15) is 14.3 Å². The van der Waals surface area contributed by atoms with Crippen molar-refractivity contribution >= 4 is 19.1 Å². The molecule has 0 bridgehead atoms. The number of amides is 1. The summed E-state index contributed by atoms with van der Waals surface area (Å²) in [5.41, 5.74) is 0. The number of nitrogens with one attached hydrogen (secondary N) is 1. The van der Waals surface area contributed by atoms with Gasteiger partial charge in [0.05, 0.1) is 0 Å². The number of benzene rings is 1. The third kappa shape index (κ3) is 3.86. The summed E-state index contributed by atoms with van der Waals surface area (Å²) in [6, 6.07) is 8.57. The van der Waals surface area contributed by atoms with Crippen molar-refractivity contribution in [1.29, 1.82) is 0 Å². The van der Waals surface area contributed by atoms with Gasteiger partial charge in [-0.05, 0) is 18.6 Å². The molecule has 1 amide bonds. The van der Waals surface area contributed by atoms with E-state index >= 15 is 0 Å². The van der Waals surface area contributed by atoms with Crippen LogP contribution in [-0.4, -0.2) is 24.0 Å². The molecule has 1 rings (SSSR count). The van der Waals surface area contributed by atoms with Crippen LogP contribution in [0.1, 0.15) is 6.42 Å². The minimum Gasteiger partial charge on any atom is -0.359 e. The summed E-state index contributed by atoms with van der Waals surface area (Å²) in [6.07, 6.45) is 1.28. The molecule has 0 spiro atoms. The quantitative estimate of drug-likeness (QED) is 0.427. The van der Waals surface area contributed by atoms with Gasteiger partial charge >= 0.3 is 0 Å². The molecule has 2 N–H and O–H groups in total. The minimum atomic E-state index is -3.24. The summed E-state index contributed by atoms with van der Waals surface area (Å²) in [7, 11) is -3.24. The van der Waals surface area contributed by atoms with Crippen molar-refractivity contribution in [1.82, 2.24) is 5.32 Å². The number of carbonyl (C=O) groups is 1. The summed E-state index contributed by atoms with van der Waals surface area (Å²) in [5.74, 6) is 0. The molecular formula is C10H14NO3P. The van der Waals surface area contributed by atoms with Gasteiger partial charge in [0.25, 0.3) is 0 Å². The van der Waals surface area contributed by atoms with Crippen molar-refractivity contribution in [2.75, 3.05) is 12.7 Å². The molecule has 1 unspecified atom stereocenters. The zero-order valence-corrected chi connectivity index (χ0v) is 9.19.